The van der Waals surface area contributed by atoms with E-state index in [1.165, 1.54) is 24.8 Å². The molecule has 1 N–H and O–H groups in total. The van der Waals surface area contributed by atoms with Crippen molar-refractivity contribution in [1.29, 1.82) is 0 Å². The van der Waals surface area contributed by atoms with E-state index in [9.17, 15) is 0 Å². The van der Waals surface area contributed by atoms with Crippen LogP contribution in [-0.2, 0) is 6.54 Å². The van der Waals surface area contributed by atoms with E-state index in [0.717, 1.165) is 12.5 Å². The fourth-order valence-corrected chi connectivity index (χ4v) is 1.82. The standard InChI is InChI=1S/C15H25N/c1-13(2)8-7-9-14(3)16-12-15-10-5-4-6-11-15/h4-6,10-11,13-14,16H,7-9,12H2,1-3H3. The van der Waals surface area contributed by atoms with Crippen LogP contribution in [0.1, 0.15) is 45.6 Å². The van der Waals surface area contributed by atoms with Gasteiger partial charge in [0.2, 0.25) is 0 Å². The molecule has 1 nitrogen and oxygen atoms in total. The van der Waals surface area contributed by atoms with Gasteiger partial charge in [0.15, 0.2) is 0 Å². The van der Waals surface area contributed by atoms with Gasteiger partial charge in [0.1, 0.15) is 0 Å². The quantitative estimate of drug-likeness (QED) is 0.731. The summed E-state index contributed by atoms with van der Waals surface area (Å²) in [7, 11) is 0. The molecule has 1 rings (SSSR count). The van der Waals surface area contributed by atoms with Crippen LogP contribution in [0.3, 0.4) is 0 Å². The van der Waals surface area contributed by atoms with Gasteiger partial charge in [0, 0.05) is 12.6 Å². The molecule has 1 aromatic carbocycles. The maximum atomic E-state index is 3.57. The Bertz CT molecular complexity index is 266. The lowest BCUT2D eigenvalue weighted by Crippen LogP contribution is -2.25. The van der Waals surface area contributed by atoms with Crippen molar-refractivity contribution in [1.82, 2.24) is 5.32 Å². The normalized spacial score (nSPS) is 13.0. The van der Waals surface area contributed by atoms with Crippen molar-refractivity contribution in [3.8, 4) is 0 Å². The summed E-state index contributed by atoms with van der Waals surface area (Å²) in [6, 6.07) is 11.2. The van der Waals surface area contributed by atoms with Crippen molar-refractivity contribution < 1.29 is 0 Å². The summed E-state index contributed by atoms with van der Waals surface area (Å²) < 4.78 is 0. The molecule has 1 unspecified atom stereocenters. The minimum atomic E-state index is 0.624. The third kappa shape index (κ3) is 5.92. The third-order valence-corrected chi connectivity index (χ3v) is 2.92. The molecule has 0 aliphatic carbocycles. The van der Waals surface area contributed by atoms with E-state index >= 15 is 0 Å². The van der Waals surface area contributed by atoms with E-state index in [0.29, 0.717) is 6.04 Å². The second kappa shape index (κ2) is 7.45. The van der Waals surface area contributed by atoms with Crippen molar-refractivity contribution in [2.75, 3.05) is 0 Å². The monoisotopic (exact) mass is 219 g/mol. The first-order chi connectivity index (χ1) is 7.68. The maximum Gasteiger partial charge on any atom is 0.0207 e. The van der Waals surface area contributed by atoms with Gasteiger partial charge in [0.25, 0.3) is 0 Å². The molecule has 1 heteroatoms. The zero-order chi connectivity index (χ0) is 11.8. The number of hydrogen-bond donors (Lipinski definition) is 1. The molecule has 0 saturated heterocycles. The number of hydrogen-bond acceptors (Lipinski definition) is 1. The Labute approximate surface area is 100 Å². The van der Waals surface area contributed by atoms with Gasteiger partial charge in [0.05, 0.1) is 0 Å². The van der Waals surface area contributed by atoms with Gasteiger partial charge in [-0.15, -0.1) is 0 Å². The first-order valence-electron chi connectivity index (χ1n) is 6.46. The number of rotatable bonds is 7. The van der Waals surface area contributed by atoms with Gasteiger partial charge >= 0.3 is 0 Å². The van der Waals surface area contributed by atoms with E-state index < -0.39 is 0 Å². The Balaban J connectivity index is 2.13. The predicted molar refractivity (Wildman–Crippen MR) is 71.4 cm³/mol. The Morgan fingerprint density at radius 3 is 2.31 bits per heavy atom. The Morgan fingerprint density at radius 2 is 1.69 bits per heavy atom. The number of nitrogens with one attached hydrogen (secondary N) is 1. The third-order valence-electron chi connectivity index (χ3n) is 2.92. The van der Waals surface area contributed by atoms with Gasteiger partial charge < -0.3 is 5.32 Å². The Morgan fingerprint density at radius 1 is 1.00 bits per heavy atom. The van der Waals surface area contributed by atoms with Crippen LogP contribution in [0.15, 0.2) is 30.3 Å². The van der Waals surface area contributed by atoms with Crippen LogP contribution in [-0.4, -0.2) is 6.04 Å². The van der Waals surface area contributed by atoms with Crippen molar-refractivity contribution in [3.05, 3.63) is 35.9 Å². The van der Waals surface area contributed by atoms with Crippen LogP contribution in [0, 0.1) is 5.92 Å². The first kappa shape index (κ1) is 13.2. The molecule has 0 aliphatic rings. The summed E-state index contributed by atoms with van der Waals surface area (Å²) in [6.07, 6.45) is 3.96. The van der Waals surface area contributed by atoms with Crippen molar-refractivity contribution in [2.24, 2.45) is 5.92 Å². The van der Waals surface area contributed by atoms with Gasteiger partial charge in [-0.1, -0.05) is 57.0 Å². The van der Waals surface area contributed by atoms with Gasteiger partial charge in [-0.25, -0.2) is 0 Å². The molecule has 0 amide bonds. The smallest absolute Gasteiger partial charge is 0.0207 e. The zero-order valence-electron chi connectivity index (χ0n) is 10.9. The summed E-state index contributed by atoms with van der Waals surface area (Å²) in [5.74, 6) is 0.835. The van der Waals surface area contributed by atoms with Crippen LogP contribution < -0.4 is 5.32 Å². The van der Waals surface area contributed by atoms with Crippen LogP contribution in [0.4, 0.5) is 0 Å². The lowest BCUT2D eigenvalue weighted by atomic mass is 10.0. The molecule has 0 bridgehead atoms. The highest BCUT2D eigenvalue weighted by molar-refractivity contribution is 5.14. The minimum absolute atomic E-state index is 0.624. The van der Waals surface area contributed by atoms with E-state index in [4.69, 9.17) is 0 Å². The van der Waals surface area contributed by atoms with Gasteiger partial charge in [-0.05, 0) is 24.8 Å². The fourth-order valence-electron chi connectivity index (χ4n) is 1.82. The lowest BCUT2D eigenvalue weighted by molar-refractivity contribution is 0.457. The molecular weight excluding hydrogens is 194 g/mol. The molecule has 0 saturated carbocycles. The van der Waals surface area contributed by atoms with Crippen LogP contribution in [0.25, 0.3) is 0 Å². The largest absolute Gasteiger partial charge is 0.310 e. The average Bonchev–Trinajstić information content (AvgIpc) is 2.27. The second-order valence-corrected chi connectivity index (χ2v) is 5.09. The molecule has 0 heterocycles. The SMILES string of the molecule is CC(C)CCCC(C)NCc1ccccc1. The minimum Gasteiger partial charge on any atom is -0.310 e. The molecule has 0 fully saturated rings. The molecule has 0 radical (unpaired) electrons. The Kier molecular flexibility index (Phi) is 6.17. The zero-order valence-corrected chi connectivity index (χ0v) is 10.9. The summed E-state index contributed by atoms with van der Waals surface area (Å²) >= 11 is 0. The van der Waals surface area contributed by atoms with Crippen LogP contribution >= 0.6 is 0 Å². The number of benzene rings is 1. The molecule has 0 aliphatic heterocycles. The summed E-state index contributed by atoms with van der Waals surface area (Å²) in [5.41, 5.74) is 1.37. The van der Waals surface area contributed by atoms with E-state index in [-0.39, 0.29) is 0 Å². The van der Waals surface area contributed by atoms with Crippen LogP contribution in [0.5, 0.6) is 0 Å². The summed E-state index contributed by atoms with van der Waals surface area (Å²) in [5, 5.41) is 3.57. The van der Waals surface area contributed by atoms with Gasteiger partial charge in [-0.3, -0.25) is 0 Å². The van der Waals surface area contributed by atoms with Crippen molar-refractivity contribution >= 4 is 0 Å². The summed E-state index contributed by atoms with van der Waals surface area (Å²) in [4.78, 5) is 0. The topological polar surface area (TPSA) is 12.0 Å². The van der Waals surface area contributed by atoms with E-state index in [1.807, 2.05) is 0 Å². The maximum absolute atomic E-state index is 3.57. The second-order valence-electron chi connectivity index (χ2n) is 5.09. The molecule has 1 atom stereocenters. The molecule has 90 valence electrons. The summed E-state index contributed by atoms with van der Waals surface area (Å²) in [6.45, 7) is 7.86. The van der Waals surface area contributed by atoms with Crippen molar-refractivity contribution in [3.63, 3.8) is 0 Å². The molecule has 0 aromatic heterocycles. The molecule has 16 heavy (non-hydrogen) atoms. The highest BCUT2D eigenvalue weighted by atomic mass is 14.9. The highest BCUT2D eigenvalue weighted by Crippen LogP contribution is 2.08. The average molecular weight is 219 g/mol. The van der Waals surface area contributed by atoms with Crippen molar-refractivity contribution in [2.45, 2.75) is 52.6 Å². The fraction of sp³-hybridized carbons (Fsp3) is 0.600. The van der Waals surface area contributed by atoms with E-state index in [2.05, 4.69) is 56.4 Å². The van der Waals surface area contributed by atoms with E-state index in [1.54, 1.807) is 0 Å². The van der Waals surface area contributed by atoms with Crippen LogP contribution in [0.2, 0.25) is 0 Å². The molecule has 1 aromatic rings. The molecular formula is C15H25N. The molecule has 0 spiro atoms. The van der Waals surface area contributed by atoms with Gasteiger partial charge in [-0.2, -0.15) is 0 Å². The lowest BCUT2D eigenvalue weighted by Gasteiger charge is -2.14. The Hall–Kier alpha value is -0.820. The predicted octanol–water partition coefficient (Wildman–Crippen LogP) is 3.99. The first-order valence-corrected chi connectivity index (χ1v) is 6.46. The highest BCUT2D eigenvalue weighted by Gasteiger charge is 2.02.